The molecule has 1 fully saturated rings. The molecule has 4 rings (SSSR count). The molecule has 2 atom stereocenters. The molecule has 0 aromatic heterocycles. The molecule has 2 aliphatic rings. The fraction of sp³-hybridized carbons (Fsp3) is 0.304. The second-order valence-corrected chi connectivity index (χ2v) is 7.98. The van der Waals surface area contributed by atoms with E-state index in [-0.39, 0.29) is 59.6 Å². The number of hydrogen-bond acceptors (Lipinski definition) is 4. The zero-order valence-electron chi connectivity index (χ0n) is 17.1. The summed E-state index contributed by atoms with van der Waals surface area (Å²) in [5.74, 6) is -4.43. The Morgan fingerprint density at radius 1 is 1.12 bits per heavy atom. The molecule has 2 aromatic rings. The molecule has 0 spiro atoms. The van der Waals surface area contributed by atoms with Crippen LogP contribution in [0, 0.1) is 17.5 Å². The largest absolute Gasteiger partial charge is 0.345 e. The van der Waals surface area contributed by atoms with Gasteiger partial charge in [-0.25, -0.2) is 13.2 Å². The molecule has 6 nitrogen and oxygen atoms in total. The second-order valence-electron chi connectivity index (χ2n) is 7.98. The Labute approximate surface area is 181 Å². The van der Waals surface area contributed by atoms with E-state index in [1.54, 1.807) is 0 Å². The number of hydrogen-bond donors (Lipinski definition) is 1. The van der Waals surface area contributed by atoms with Crippen molar-refractivity contribution in [1.29, 1.82) is 0 Å². The first-order valence-electron chi connectivity index (χ1n) is 10.1. The number of benzene rings is 2. The van der Waals surface area contributed by atoms with E-state index in [2.05, 4.69) is 5.32 Å². The lowest BCUT2D eigenvalue weighted by atomic mass is 9.92. The predicted molar refractivity (Wildman–Crippen MR) is 106 cm³/mol. The van der Waals surface area contributed by atoms with Crippen LogP contribution in [0.5, 0.6) is 0 Å². The smallest absolute Gasteiger partial charge is 0.255 e. The Morgan fingerprint density at radius 2 is 1.88 bits per heavy atom. The third kappa shape index (κ3) is 3.79. The van der Waals surface area contributed by atoms with Gasteiger partial charge in [0, 0.05) is 29.2 Å². The maximum Gasteiger partial charge on any atom is 0.255 e. The van der Waals surface area contributed by atoms with Crippen LogP contribution in [-0.2, 0) is 16.1 Å². The average Bonchev–Trinajstić information content (AvgIpc) is 3.05. The Hall–Kier alpha value is -3.49. The molecule has 2 aromatic carbocycles. The summed E-state index contributed by atoms with van der Waals surface area (Å²) in [6, 6.07) is 3.74. The van der Waals surface area contributed by atoms with Gasteiger partial charge in [0.25, 0.3) is 11.8 Å². The lowest BCUT2D eigenvalue weighted by Gasteiger charge is -2.29. The SMILES string of the molecule is C[C@H](NC(=O)c1ccc2c(c1F)CN(C1CCC(=O)CC1=O)C2=O)c1ccc(F)cc1F. The van der Waals surface area contributed by atoms with Gasteiger partial charge in [-0.1, -0.05) is 6.07 Å². The normalized spacial score (nSPS) is 19.2. The number of nitrogens with zero attached hydrogens (tertiary/aromatic N) is 1. The van der Waals surface area contributed by atoms with Crippen molar-refractivity contribution in [2.75, 3.05) is 0 Å². The summed E-state index contributed by atoms with van der Waals surface area (Å²) in [5.41, 5.74) is -0.250. The Bertz CT molecular complexity index is 1160. The number of fused-ring (bicyclic) bond motifs is 1. The summed E-state index contributed by atoms with van der Waals surface area (Å²) in [6.45, 7) is 1.29. The van der Waals surface area contributed by atoms with E-state index in [0.717, 1.165) is 12.1 Å². The first-order chi connectivity index (χ1) is 15.2. The molecule has 1 heterocycles. The van der Waals surface area contributed by atoms with Crippen molar-refractivity contribution in [3.63, 3.8) is 0 Å². The third-order valence-corrected chi connectivity index (χ3v) is 5.90. The summed E-state index contributed by atoms with van der Waals surface area (Å²) in [4.78, 5) is 50.3. The van der Waals surface area contributed by atoms with Gasteiger partial charge in [0.05, 0.1) is 30.6 Å². The molecule has 0 radical (unpaired) electrons. The molecular weight excluding hydrogens is 425 g/mol. The fourth-order valence-electron chi connectivity index (χ4n) is 4.19. The molecule has 0 bridgehead atoms. The van der Waals surface area contributed by atoms with Gasteiger partial charge in [-0.05, 0) is 31.5 Å². The van der Waals surface area contributed by atoms with Gasteiger partial charge in [0.2, 0.25) is 0 Å². The summed E-state index contributed by atoms with van der Waals surface area (Å²) >= 11 is 0. The first kappa shape index (κ1) is 21.7. The van der Waals surface area contributed by atoms with Crippen LogP contribution in [0.2, 0.25) is 0 Å². The minimum atomic E-state index is -0.901. The van der Waals surface area contributed by atoms with Crippen molar-refractivity contribution in [3.8, 4) is 0 Å². The summed E-state index contributed by atoms with van der Waals surface area (Å²) < 4.78 is 42.3. The van der Waals surface area contributed by atoms with E-state index in [9.17, 15) is 28.0 Å². The predicted octanol–water partition coefficient (Wildman–Crippen LogP) is 3.24. The number of carbonyl (C=O) groups excluding carboxylic acids is 4. The standard InChI is InChI=1S/C23H19F3N2O4/c1-11(14-4-2-12(24)8-18(14)25)27-22(31)16-6-5-15-17(21(16)26)10-28(23(15)32)19-7-3-13(29)9-20(19)30/h2,4-6,8,11,19H,3,7,9-10H2,1H3,(H,27,31)/t11-,19?/m0/s1. The van der Waals surface area contributed by atoms with Crippen LogP contribution in [0.15, 0.2) is 30.3 Å². The molecule has 2 amide bonds. The highest BCUT2D eigenvalue weighted by molar-refractivity contribution is 6.08. The van der Waals surface area contributed by atoms with Crippen LogP contribution in [-0.4, -0.2) is 34.3 Å². The lowest BCUT2D eigenvalue weighted by molar-refractivity contribution is -0.133. The van der Waals surface area contributed by atoms with Crippen LogP contribution in [0.4, 0.5) is 13.2 Å². The number of nitrogens with one attached hydrogen (secondary N) is 1. The number of carbonyl (C=O) groups is 4. The van der Waals surface area contributed by atoms with Gasteiger partial charge in [0.15, 0.2) is 5.78 Å². The van der Waals surface area contributed by atoms with Crippen LogP contribution >= 0.6 is 0 Å². The molecular formula is C23H19F3N2O4. The van der Waals surface area contributed by atoms with Gasteiger partial charge in [-0.3, -0.25) is 19.2 Å². The fourth-order valence-corrected chi connectivity index (χ4v) is 4.19. The molecule has 32 heavy (non-hydrogen) atoms. The maximum absolute atomic E-state index is 15.2. The summed E-state index contributed by atoms with van der Waals surface area (Å²) in [7, 11) is 0. The van der Waals surface area contributed by atoms with Crippen LogP contribution in [0.25, 0.3) is 0 Å². The van der Waals surface area contributed by atoms with Crippen molar-refractivity contribution in [1.82, 2.24) is 10.2 Å². The van der Waals surface area contributed by atoms with Crippen molar-refractivity contribution in [3.05, 3.63) is 70.0 Å². The molecule has 1 N–H and O–H groups in total. The molecule has 166 valence electrons. The number of ketones is 2. The Morgan fingerprint density at radius 3 is 2.56 bits per heavy atom. The number of rotatable bonds is 4. The second kappa shape index (κ2) is 8.22. The highest BCUT2D eigenvalue weighted by Gasteiger charge is 2.40. The van der Waals surface area contributed by atoms with E-state index in [1.165, 1.54) is 24.0 Å². The van der Waals surface area contributed by atoms with Crippen molar-refractivity contribution < 1.29 is 32.3 Å². The first-order valence-corrected chi connectivity index (χ1v) is 10.1. The highest BCUT2D eigenvalue weighted by atomic mass is 19.1. The Balaban J connectivity index is 1.55. The molecule has 1 unspecified atom stereocenters. The molecule has 9 heteroatoms. The van der Waals surface area contributed by atoms with Crippen LogP contribution < -0.4 is 5.32 Å². The number of halogens is 3. The van der Waals surface area contributed by atoms with E-state index < -0.39 is 41.3 Å². The van der Waals surface area contributed by atoms with E-state index in [4.69, 9.17) is 0 Å². The highest BCUT2D eigenvalue weighted by Crippen LogP contribution is 2.32. The van der Waals surface area contributed by atoms with E-state index in [0.29, 0.717) is 6.07 Å². The average molecular weight is 444 g/mol. The Kier molecular flexibility index (Phi) is 5.58. The topological polar surface area (TPSA) is 83.6 Å². The quantitative estimate of drug-likeness (QED) is 0.734. The molecule has 1 aliphatic heterocycles. The number of amides is 2. The van der Waals surface area contributed by atoms with Gasteiger partial charge in [0.1, 0.15) is 23.2 Å². The zero-order chi connectivity index (χ0) is 23.2. The van der Waals surface area contributed by atoms with Gasteiger partial charge in [-0.2, -0.15) is 0 Å². The van der Waals surface area contributed by atoms with Crippen LogP contribution in [0.1, 0.15) is 64.1 Å². The van der Waals surface area contributed by atoms with E-state index >= 15 is 4.39 Å². The molecule has 1 saturated carbocycles. The maximum atomic E-state index is 15.2. The summed E-state index contributed by atoms with van der Waals surface area (Å²) in [5, 5.41) is 2.47. The minimum Gasteiger partial charge on any atom is -0.345 e. The van der Waals surface area contributed by atoms with Gasteiger partial charge in [-0.15, -0.1) is 0 Å². The van der Waals surface area contributed by atoms with E-state index in [1.807, 2.05) is 0 Å². The van der Waals surface area contributed by atoms with Gasteiger partial charge < -0.3 is 10.2 Å². The monoisotopic (exact) mass is 444 g/mol. The van der Waals surface area contributed by atoms with Crippen LogP contribution in [0.3, 0.4) is 0 Å². The third-order valence-electron chi connectivity index (χ3n) is 5.90. The lowest BCUT2D eigenvalue weighted by Crippen LogP contribution is -2.44. The number of Topliss-reactive ketones (excluding diaryl/α,β-unsaturated/α-hetero) is 2. The molecule has 0 saturated heterocycles. The van der Waals surface area contributed by atoms with Crippen molar-refractivity contribution in [2.24, 2.45) is 0 Å². The zero-order valence-corrected chi connectivity index (χ0v) is 17.1. The molecule has 1 aliphatic carbocycles. The summed E-state index contributed by atoms with van der Waals surface area (Å²) in [6.07, 6.45) is 0.108. The van der Waals surface area contributed by atoms with Gasteiger partial charge >= 0.3 is 0 Å². The minimum absolute atomic E-state index is 0.00651. The van der Waals surface area contributed by atoms with Crippen molar-refractivity contribution in [2.45, 2.75) is 44.8 Å². The van der Waals surface area contributed by atoms with Crippen molar-refractivity contribution >= 4 is 23.4 Å².